The number of hydrogen-bond acceptors (Lipinski definition) is 4. The maximum absolute atomic E-state index is 13.3. The van der Waals surface area contributed by atoms with Crippen LogP contribution in [0.5, 0.6) is 0 Å². The van der Waals surface area contributed by atoms with Crippen LogP contribution in [0, 0.1) is 22.6 Å². The highest BCUT2D eigenvalue weighted by atomic mass is 32.1. The Morgan fingerprint density at radius 3 is 2.52 bits per heavy atom. The molecule has 0 amide bonds. The minimum absolute atomic E-state index is 0.252. The van der Waals surface area contributed by atoms with Crippen molar-refractivity contribution in [3.63, 3.8) is 0 Å². The molecular weight excluding hydrogens is 431 g/mol. The van der Waals surface area contributed by atoms with Crippen molar-refractivity contribution in [2.45, 2.75) is 38.0 Å². The second-order valence-corrected chi connectivity index (χ2v) is 9.55. The normalized spacial score (nSPS) is 17.4. The van der Waals surface area contributed by atoms with Crippen LogP contribution in [-0.4, -0.2) is 32.9 Å². The van der Waals surface area contributed by atoms with E-state index in [1.54, 1.807) is 24.7 Å². The van der Waals surface area contributed by atoms with Crippen LogP contribution in [0.2, 0.25) is 0 Å². The van der Waals surface area contributed by atoms with Gasteiger partial charge in [-0.3, -0.25) is 0 Å². The molecule has 0 unspecified atom stereocenters. The summed E-state index contributed by atoms with van der Waals surface area (Å²) in [6.45, 7) is 1.45. The number of likely N-dealkylation sites (tertiary alicyclic amines) is 1. The van der Waals surface area contributed by atoms with E-state index in [9.17, 15) is 9.65 Å². The van der Waals surface area contributed by atoms with Gasteiger partial charge in [-0.25, -0.2) is 14.4 Å². The molecule has 2 aromatic carbocycles. The Balaban J connectivity index is 1.37. The highest BCUT2D eigenvalue weighted by Crippen LogP contribution is 2.42. The zero-order chi connectivity index (χ0) is 22.8. The molecule has 0 bridgehead atoms. The number of rotatable bonds is 5. The first-order chi connectivity index (χ1) is 16.1. The van der Waals surface area contributed by atoms with Crippen LogP contribution >= 0.6 is 12.2 Å². The van der Waals surface area contributed by atoms with Crippen molar-refractivity contribution >= 4 is 17.2 Å². The molecule has 3 aromatic rings. The number of piperidine rings is 1. The van der Waals surface area contributed by atoms with Gasteiger partial charge in [-0.05, 0) is 73.4 Å². The predicted octanol–water partition coefficient (Wildman–Crippen LogP) is 5.68. The summed E-state index contributed by atoms with van der Waals surface area (Å²) in [5, 5.41) is 10.0. The molecule has 5 rings (SSSR count). The molecule has 6 heteroatoms. The van der Waals surface area contributed by atoms with Gasteiger partial charge in [0.1, 0.15) is 17.1 Å². The molecule has 2 heterocycles. The first-order valence-electron chi connectivity index (χ1n) is 11.4. The zero-order valence-corrected chi connectivity index (χ0v) is 19.2. The number of halogens is 1. The standard InChI is InChI=1S/C27H25FN4S/c28-22-6-1-19(2-7-22)16-27(17-29)10-13-32(14-11-27)26(33)24-15-21(20-3-4-20)5-8-23(24)25-9-12-30-18-31-25/h1-2,5-9,12,15,18,20H,3-4,10-11,13-14,16H2. The topological polar surface area (TPSA) is 52.8 Å². The first-order valence-corrected chi connectivity index (χ1v) is 11.8. The molecule has 1 saturated carbocycles. The van der Waals surface area contributed by atoms with Crippen molar-refractivity contribution in [1.29, 1.82) is 5.26 Å². The Hall–Kier alpha value is -3.17. The van der Waals surface area contributed by atoms with Gasteiger partial charge in [-0.1, -0.05) is 36.5 Å². The maximum atomic E-state index is 13.3. The Morgan fingerprint density at radius 2 is 1.88 bits per heavy atom. The summed E-state index contributed by atoms with van der Waals surface area (Å²) in [6.07, 6.45) is 7.87. The van der Waals surface area contributed by atoms with Crippen LogP contribution in [0.15, 0.2) is 61.1 Å². The summed E-state index contributed by atoms with van der Waals surface area (Å²) in [7, 11) is 0. The molecule has 0 N–H and O–H groups in total. The molecule has 166 valence electrons. The summed E-state index contributed by atoms with van der Waals surface area (Å²) in [4.78, 5) is 11.6. The largest absolute Gasteiger partial charge is 0.362 e. The van der Waals surface area contributed by atoms with Crippen molar-refractivity contribution < 1.29 is 4.39 Å². The van der Waals surface area contributed by atoms with Crippen LogP contribution in [0.3, 0.4) is 0 Å². The molecule has 0 spiro atoms. The average Bonchev–Trinajstić information content (AvgIpc) is 3.71. The average molecular weight is 457 g/mol. The van der Waals surface area contributed by atoms with E-state index in [1.807, 2.05) is 6.07 Å². The van der Waals surface area contributed by atoms with E-state index in [1.165, 1.54) is 30.5 Å². The van der Waals surface area contributed by atoms with Gasteiger partial charge in [0, 0.05) is 30.4 Å². The second kappa shape index (κ2) is 8.99. The number of benzene rings is 2. The van der Waals surface area contributed by atoms with E-state index < -0.39 is 5.41 Å². The molecule has 2 fully saturated rings. The monoisotopic (exact) mass is 456 g/mol. The Labute approximate surface area is 199 Å². The summed E-state index contributed by atoms with van der Waals surface area (Å²) >= 11 is 6.01. The van der Waals surface area contributed by atoms with Crippen LogP contribution in [0.4, 0.5) is 4.39 Å². The fourth-order valence-corrected chi connectivity index (χ4v) is 5.06. The van der Waals surface area contributed by atoms with Crippen molar-refractivity contribution in [2.24, 2.45) is 5.41 Å². The highest BCUT2D eigenvalue weighted by molar-refractivity contribution is 7.80. The second-order valence-electron chi connectivity index (χ2n) is 9.16. The van der Waals surface area contributed by atoms with Crippen molar-refractivity contribution in [1.82, 2.24) is 14.9 Å². The van der Waals surface area contributed by atoms with E-state index in [2.05, 4.69) is 39.1 Å². The lowest BCUT2D eigenvalue weighted by Gasteiger charge is -2.39. The van der Waals surface area contributed by atoms with Crippen molar-refractivity contribution in [3.8, 4) is 17.3 Å². The number of thiocarbonyl (C=S) groups is 1. The fraction of sp³-hybridized carbons (Fsp3) is 0.333. The molecule has 1 saturated heterocycles. The SMILES string of the molecule is N#CC1(Cc2ccc(F)cc2)CCN(C(=S)c2cc(C3CC3)ccc2-c2ccncn2)CC1. The summed E-state index contributed by atoms with van der Waals surface area (Å²) in [5.41, 5.74) is 4.81. The fourth-order valence-electron chi connectivity index (χ4n) is 4.71. The van der Waals surface area contributed by atoms with Crippen LogP contribution in [-0.2, 0) is 6.42 Å². The van der Waals surface area contributed by atoms with Gasteiger partial charge >= 0.3 is 0 Å². The van der Waals surface area contributed by atoms with E-state index in [0.29, 0.717) is 12.3 Å². The summed E-state index contributed by atoms with van der Waals surface area (Å²) in [5.74, 6) is 0.382. The van der Waals surface area contributed by atoms with Crippen LogP contribution < -0.4 is 0 Å². The van der Waals surface area contributed by atoms with Gasteiger partial charge in [-0.2, -0.15) is 5.26 Å². The predicted molar refractivity (Wildman–Crippen MR) is 130 cm³/mol. The van der Waals surface area contributed by atoms with E-state index in [-0.39, 0.29) is 5.82 Å². The number of hydrogen-bond donors (Lipinski definition) is 0. The highest BCUT2D eigenvalue weighted by Gasteiger charge is 2.36. The third-order valence-corrected chi connectivity index (χ3v) is 7.36. The first kappa shape index (κ1) is 21.7. The zero-order valence-electron chi connectivity index (χ0n) is 18.4. The van der Waals surface area contributed by atoms with Crippen LogP contribution in [0.1, 0.15) is 48.3 Å². The van der Waals surface area contributed by atoms with E-state index in [4.69, 9.17) is 12.2 Å². The van der Waals surface area contributed by atoms with Gasteiger partial charge in [0.2, 0.25) is 0 Å². The summed E-state index contributed by atoms with van der Waals surface area (Å²) in [6, 6.07) is 17.5. The van der Waals surface area contributed by atoms with E-state index >= 15 is 0 Å². The lowest BCUT2D eigenvalue weighted by molar-refractivity contribution is 0.207. The molecule has 4 nitrogen and oxygen atoms in total. The van der Waals surface area contributed by atoms with Crippen molar-refractivity contribution in [2.75, 3.05) is 13.1 Å². The van der Waals surface area contributed by atoms with Gasteiger partial charge < -0.3 is 4.90 Å². The van der Waals surface area contributed by atoms with E-state index in [0.717, 1.165) is 53.3 Å². The quantitative estimate of drug-likeness (QED) is 0.462. The third-order valence-electron chi connectivity index (χ3n) is 6.88. The van der Waals surface area contributed by atoms with Gasteiger partial charge in [0.15, 0.2) is 0 Å². The van der Waals surface area contributed by atoms with Crippen molar-refractivity contribution in [3.05, 3.63) is 83.6 Å². The van der Waals surface area contributed by atoms with Gasteiger partial charge in [-0.15, -0.1) is 0 Å². The minimum atomic E-state index is -0.449. The lowest BCUT2D eigenvalue weighted by atomic mass is 9.75. The Kier molecular flexibility index (Phi) is 5.90. The number of nitriles is 1. The van der Waals surface area contributed by atoms with Gasteiger partial charge in [0.05, 0.1) is 17.2 Å². The Bertz CT molecular complexity index is 1190. The molecule has 2 aliphatic rings. The maximum Gasteiger partial charge on any atom is 0.123 e. The third kappa shape index (κ3) is 4.65. The Morgan fingerprint density at radius 1 is 1.12 bits per heavy atom. The number of nitrogens with zero attached hydrogens (tertiary/aromatic N) is 4. The summed E-state index contributed by atoms with van der Waals surface area (Å²) < 4.78 is 13.3. The molecule has 33 heavy (non-hydrogen) atoms. The number of aromatic nitrogens is 2. The minimum Gasteiger partial charge on any atom is -0.362 e. The van der Waals surface area contributed by atoms with Gasteiger partial charge in [0.25, 0.3) is 0 Å². The molecule has 1 aromatic heterocycles. The van der Waals surface area contributed by atoms with Crippen LogP contribution in [0.25, 0.3) is 11.3 Å². The molecule has 0 atom stereocenters. The molecular formula is C27H25FN4S. The molecule has 1 aliphatic heterocycles. The molecule has 1 aliphatic carbocycles. The molecule has 0 radical (unpaired) electrons. The lowest BCUT2D eigenvalue weighted by Crippen LogP contribution is -2.43. The smallest absolute Gasteiger partial charge is 0.123 e.